The number of carbonyl (C=O) groups is 2. The zero-order valence-electron chi connectivity index (χ0n) is 29.5. The highest BCUT2D eigenvalue weighted by atomic mass is 35.5. The van der Waals surface area contributed by atoms with Crippen molar-refractivity contribution < 1.29 is 37.3 Å². The van der Waals surface area contributed by atoms with Gasteiger partial charge >= 0.3 is 6.18 Å². The number of hydrogen-bond acceptors (Lipinski definition) is 9. The number of ketones is 2. The highest BCUT2D eigenvalue weighted by Crippen LogP contribution is 2.49. The maximum atomic E-state index is 13.3. The Morgan fingerprint density at radius 3 is 2.08 bits per heavy atom. The van der Waals surface area contributed by atoms with Gasteiger partial charge in [0.2, 0.25) is 5.78 Å². The molecule has 1 saturated heterocycles. The molecular formula is C39H44Cl2F3N3O5S. The van der Waals surface area contributed by atoms with Crippen LogP contribution in [0.3, 0.4) is 0 Å². The van der Waals surface area contributed by atoms with Crippen LogP contribution in [0.5, 0.6) is 5.75 Å². The zero-order valence-corrected chi connectivity index (χ0v) is 32.0. The highest BCUT2D eigenvalue weighted by molar-refractivity contribution is 7.99. The first-order chi connectivity index (χ1) is 24.6. The van der Waals surface area contributed by atoms with Gasteiger partial charge in [-0.05, 0) is 67.1 Å². The summed E-state index contributed by atoms with van der Waals surface area (Å²) in [7, 11) is 2.95. The maximum absolute atomic E-state index is 13.3. The number of aliphatic hydroxyl groups excluding tert-OH is 1. The van der Waals surface area contributed by atoms with Gasteiger partial charge in [0, 0.05) is 66.6 Å². The number of anilines is 2. The lowest BCUT2D eigenvalue weighted by Gasteiger charge is -2.36. The molecule has 0 bridgehead atoms. The molecule has 0 spiro atoms. The number of ether oxygens (including phenoxy) is 2. The number of fused-ring (bicyclic) bond motifs is 2. The van der Waals surface area contributed by atoms with Crippen LogP contribution in [0.4, 0.5) is 24.5 Å². The Morgan fingerprint density at radius 2 is 1.47 bits per heavy atom. The largest absolute Gasteiger partial charge is 0.497 e. The van der Waals surface area contributed by atoms with E-state index in [-0.39, 0.29) is 54.7 Å². The van der Waals surface area contributed by atoms with E-state index in [1.807, 2.05) is 41.3 Å². The van der Waals surface area contributed by atoms with Crippen molar-refractivity contribution in [3.8, 4) is 5.75 Å². The smallest absolute Gasteiger partial charge is 0.416 e. The third kappa shape index (κ3) is 10.9. The number of methoxy groups -OCH3 is 2. The summed E-state index contributed by atoms with van der Waals surface area (Å²) in [4.78, 5) is 32.6. The Balaban J connectivity index is 0.000000292. The number of alkyl halides is 3. The number of piperazine rings is 1. The molecule has 14 heteroatoms. The van der Waals surface area contributed by atoms with Crippen LogP contribution in [-0.2, 0) is 20.5 Å². The molecule has 8 nitrogen and oxygen atoms in total. The Bertz CT molecular complexity index is 1780. The summed E-state index contributed by atoms with van der Waals surface area (Å²) in [6.07, 6.45) is 0.700. The molecule has 0 radical (unpaired) electrons. The molecule has 1 fully saturated rings. The van der Waals surface area contributed by atoms with Gasteiger partial charge in [-0.1, -0.05) is 42.1 Å². The lowest BCUT2D eigenvalue weighted by Crippen LogP contribution is -2.47. The number of benzene rings is 3. The molecule has 3 aliphatic rings. The van der Waals surface area contributed by atoms with Crippen LogP contribution in [0.25, 0.3) is 0 Å². The molecule has 1 aliphatic carbocycles. The summed E-state index contributed by atoms with van der Waals surface area (Å²) in [5.41, 5.74) is 2.27. The van der Waals surface area contributed by atoms with E-state index >= 15 is 0 Å². The van der Waals surface area contributed by atoms with E-state index < -0.39 is 11.7 Å². The normalized spacial score (nSPS) is 16.3. The molecule has 0 amide bonds. The van der Waals surface area contributed by atoms with E-state index in [1.165, 1.54) is 43.2 Å². The second-order valence-corrected chi connectivity index (χ2v) is 13.3. The average Bonchev–Trinajstić information content (AvgIpc) is 3.13. The van der Waals surface area contributed by atoms with Crippen molar-refractivity contribution in [1.29, 1.82) is 0 Å². The summed E-state index contributed by atoms with van der Waals surface area (Å²) in [6.45, 7) is 10.1. The molecule has 6 rings (SSSR count). The molecule has 286 valence electrons. The fourth-order valence-electron chi connectivity index (χ4n) is 6.29. The van der Waals surface area contributed by atoms with Gasteiger partial charge in [0.1, 0.15) is 5.75 Å². The summed E-state index contributed by atoms with van der Waals surface area (Å²) in [5.74, 6) is -0.119. The molecule has 3 aromatic rings. The monoisotopic (exact) mass is 793 g/mol. The number of rotatable bonds is 11. The lowest BCUT2D eigenvalue weighted by atomic mass is 9.85. The van der Waals surface area contributed by atoms with Gasteiger partial charge < -0.3 is 24.4 Å². The summed E-state index contributed by atoms with van der Waals surface area (Å²) in [6, 6.07) is 19.2. The van der Waals surface area contributed by atoms with Crippen molar-refractivity contribution in [1.82, 2.24) is 9.80 Å². The topological polar surface area (TPSA) is 82.5 Å². The van der Waals surface area contributed by atoms with Gasteiger partial charge in [-0.25, -0.2) is 0 Å². The van der Waals surface area contributed by atoms with Crippen molar-refractivity contribution in [3.63, 3.8) is 0 Å². The van der Waals surface area contributed by atoms with Crippen molar-refractivity contribution in [2.75, 3.05) is 71.5 Å². The van der Waals surface area contributed by atoms with Crippen molar-refractivity contribution in [2.24, 2.45) is 0 Å². The Hall–Kier alpha value is -3.78. The number of nitrogens with zero attached hydrogens (tertiary/aromatic N) is 3. The molecule has 0 saturated carbocycles. The van der Waals surface area contributed by atoms with Gasteiger partial charge in [0.25, 0.3) is 0 Å². The van der Waals surface area contributed by atoms with Gasteiger partial charge in [-0.3, -0.25) is 14.5 Å². The first-order valence-electron chi connectivity index (χ1n) is 16.7. The van der Waals surface area contributed by atoms with E-state index in [0.29, 0.717) is 24.4 Å². The SMILES string of the molecule is C=CC(C1=CC(=O)C(OC)=CC1=O)c1ccc(OC)cc1.Cl.Cl.OCCN1CCN(CCCN2c3ccccc3Sc3ccc(C(F)(F)F)cc32)CC1. The van der Waals surface area contributed by atoms with E-state index in [4.69, 9.17) is 14.6 Å². The third-order valence-corrected chi connectivity index (χ3v) is 10.2. The quantitative estimate of drug-likeness (QED) is 0.155. The first kappa shape index (κ1) is 43.6. The van der Waals surface area contributed by atoms with Gasteiger partial charge in [-0.15, -0.1) is 31.4 Å². The van der Waals surface area contributed by atoms with Gasteiger partial charge in [-0.2, -0.15) is 13.2 Å². The number of aliphatic hydroxyl groups is 1. The second kappa shape index (κ2) is 20.1. The standard InChI is InChI=1S/C22H26F3N3OS.C17H16O4.2ClH/c23-22(24,25)17-6-7-21-19(16-17)28(18-4-1-2-5-20(18)30-21)9-3-8-26-10-12-27(13-11-26)14-15-29;1-4-13(11-5-7-12(20-2)8-6-11)14-9-16(19)17(21-3)10-15(14)18;;/h1-2,4-7,16,29H,3,8-15H2;4-10,13H,1H2,2-3H3;2*1H. The van der Waals surface area contributed by atoms with E-state index in [9.17, 15) is 22.8 Å². The van der Waals surface area contributed by atoms with Crippen LogP contribution < -0.4 is 9.64 Å². The minimum Gasteiger partial charge on any atom is -0.497 e. The summed E-state index contributed by atoms with van der Waals surface area (Å²) >= 11 is 1.53. The summed E-state index contributed by atoms with van der Waals surface area (Å²) in [5, 5.41) is 9.07. The van der Waals surface area contributed by atoms with Crippen molar-refractivity contribution >= 4 is 59.5 Å². The fraction of sp³-hybridized carbons (Fsp3) is 0.333. The Morgan fingerprint density at radius 1 is 0.830 bits per heavy atom. The van der Waals surface area contributed by atoms with Crippen LogP contribution in [0.2, 0.25) is 0 Å². The first-order valence-corrected chi connectivity index (χ1v) is 17.5. The molecule has 2 aliphatic heterocycles. The van der Waals surface area contributed by atoms with E-state index in [1.54, 1.807) is 31.4 Å². The lowest BCUT2D eigenvalue weighted by molar-refractivity contribution is -0.137. The van der Waals surface area contributed by atoms with Gasteiger partial charge in [0.05, 0.1) is 37.8 Å². The minimum absolute atomic E-state index is 0. The number of carbonyl (C=O) groups excluding carboxylic acids is 2. The number of hydrogen-bond donors (Lipinski definition) is 1. The number of β-amino-alcohol motifs (C(OH)–C–C–N with tert-alkyl or cyclic N) is 1. The molecule has 53 heavy (non-hydrogen) atoms. The number of para-hydroxylation sites is 1. The molecule has 3 aromatic carbocycles. The third-order valence-electron chi connectivity index (χ3n) is 9.03. The second-order valence-electron chi connectivity index (χ2n) is 12.2. The molecule has 1 atom stereocenters. The van der Waals surface area contributed by atoms with Crippen molar-refractivity contribution in [3.05, 3.63) is 114 Å². The zero-order chi connectivity index (χ0) is 36.5. The van der Waals surface area contributed by atoms with Crippen LogP contribution in [-0.4, -0.2) is 93.1 Å². The van der Waals surface area contributed by atoms with E-state index in [0.717, 1.165) is 65.9 Å². The van der Waals surface area contributed by atoms with Gasteiger partial charge in [0.15, 0.2) is 11.5 Å². The minimum atomic E-state index is -4.35. The Labute approximate surface area is 325 Å². The molecule has 0 aromatic heterocycles. The van der Waals surface area contributed by atoms with Crippen molar-refractivity contribution in [2.45, 2.75) is 28.3 Å². The van der Waals surface area contributed by atoms with Crippen LogP contribution in [0.1, 0.15) is 23.5 Å². The van der Waals surface area contributed by atoms with Crippen LogP contribution >= 0.6 is 36.6 Å². The summed E-state index contributed by atoms with van der Waals surface area (Å²) < 4.78 is 49.9. The fourth-order valence-corrected chi connectivity index (χ4v) is 7.37. The molecule has 1 N–H and O–H groups in total. The molecule has 1 unspecified atom stereocenters. The molecule has 2 heterocycles. The van der Waals surface area contributed by atoms with Crippen LogP contribution in [0.15, 0.2) is 113 Å². The number of allylic oxidation sites excluding steroid dienone is 4. The number of halogens is 5. The van der Waals surface area contributed by atoms with Crippen LogP contribution in [0, 0.1) is 0 Å². The maximum Gasteiger partial charge on any atom is 0.416 e. The predicted molar refractivity (Wildman–Crippen MR) is 207 cm³/mol. The Kier molecular flexibility index (Phi) is 16.5. The predicted octanol–water partition coefficient (Wildman–Crippen LogP) is 7.73. The molecular weight excluding hydrogens is 750 g/mol. The average molecular weight is 795 g/mol. The highest BCUT2D eigenvalue weighted by Gasteiger charge is 2.33. The van der Waals surface area contributed by atoms with E-state index in [2.05, 4.69) is 16.4 Å².